The second kappa shape index (κ2) is 19.4. The molecule has 0 saturated carbocycles. The summed E-state index contributed by atoms with van der Waals surface area (Å²) in [5, 5.41) is 13.2. The van der Waals surface area contributed by atoms with Crippen LogP contribution in [0.3, 0.4) is 0 Å². The molecule has 0 unspecified atom stereocenters. The molecule has 0 radical (unpaired) electrons. The number of benzene rings is 1. The molecule has 0 bridgehead atoms. The quantitative estimate of drug-likeness (QED) is 0.121. The predicted molar refractivity (Wildman–Crippen MR) is 165 cm³/mol. The fraction of sp³-hybridized carbons (Fsp3) is 0.519. The summed E-state index contributed by atoms with van der Waals surface area (Å²) in [6.45, 7) is 2.56. The molecular formula is C27H34Cl3N3O11S. The van der Waals surface area contributed by atoms with E-state index in [1.807, 2.05) is 0 Å². The van der Waals surface area contributed by atoms with E-state index in [0.29, 0.717) is 11.8 Å². The third-order valence-corrected chi connectivity index (χ3v) is 6.21. The Morgan fingerprint density at radius 2 is 1.58 bits per heavy atom. The Balaban J connectivity index is 2.42. The van der Waals surface area contributed by atoms with Crippen molar-refractivity contribution in [2.75, 3.05) is 51.8 Å². The molecule has 250 valence electrons. The van der Waals surface area contributed by atoms with E-state index in [1.165, 1.54) is 24.3 Å². The standard InChI is InChI=1S/C27H34Cl3N3O11S/c1-26(2,3)44-24(40)17-5-4-6-18(11-17)25(41)45-15-20(35)31-12-19(34)32-13-21(36)33(14-22(37)38)8-10-42-9-7-23(39)43-16-27(28,29)30/h4-6,11H,7-10,12-16H2,1-3H3,(H,31,35)(H,32,34)(H,37,38). The van der Waals surface area contributed by atoms with Gasteiger partial charge in [0, 0.05) is 12.1 Å². The van der Waals surface area contributed by atoms with Gasteiger partial charge in [-0.05, 0) is 32.9 Å². The van der Waals surface area contributed by atoms with Gasteiger partial charge in [0.25, 0.3) is 0 Å². The van der Waals surface area contributed by atoms with E-state index in [4.69, 9.17) is 54.1 Å². The zero-order chi connectivity index (χ0) is 34.2. The van der Waals surface area contributed by atoms with Crippen molar-refractivity contribution >= 4 is 87.3 Å². The van der Waals surface area contributed by atoms with Crippen molar-refractivity contribution in [3.05, 3.63) is 35.4 Å². The van der Waals surface area contributed by atoms with E-state index in [-0.39, 0.29) is 43.1 Å². The number of hydrogen-bond acceptors (Lipinski definition) is 11. The fourth-order valence-electron chi connectivity index (χ4n) is 3.02. The summed E-state index contributed by atoms with van der Waals surface area (Å²) in [4.78, 5) is 85.0. The van der Waals surface area contributed by atoms with E-state index in [0.717, 1.165) is 4.90 Å². The smallest absolute Gasteiger partial charge is 0.338 e. The van der Waals surface area contributed by atoms with Gasteiger partial charge in [-0.2, -0.15) is 0 Å². The van der Waals surface area contributed by atoms with Gasteiger partial charge in [0.2, 0.25) is 26.6 Å². The summed E-state index contributed by atoms with van der Waals surface area (Å²) in [6.07, 6.45) is -0.177. The lowest BCUT2D eigenvalue weighted by Crippen LogP contribution is -2.46. The van der Waals surface area contributed by atoms with Gasteiger partial charge in [0.05, 0.1) is 44.0 Å². The Hall–Kier alpha value is -3.11. The number of esters is 2. The van der Waals surface area contributed by atoms with Crippen LogP contribution in [0, 0.1) is 0 Å². The topological polar surface area (TPSA) is 195 Å². The van der Waals surface area contributed by atoms with Crippen LogP contribution in [-0.4, -0.2) is 112 Å². The van der Waals surface area contributed by atoms with Crippen molar-refractivity contribution in [1.82, 2.24) is 15.5 Å². The number of alkyl halides is 3. The largest absolute Gasteiger partial charge is 0.480 e. The maximum absolute atomic E-state index is 12.5. The van der Waals surface area contributed by atoms with Gasteiger partial charge in [-0.15, -0.1) is 0 Å². The first-order chi connectivity index (χ1) is 20.9. The van der Waals surface area contributed by atoms with Crippen molar-refractivity contribution in [3.8, 4) is 0 Å². The summed E-state index contributed by atoms with van der Waals surface area (Å²) < 4.78 is 13.5. The molecule has 0 heterocycles. The summed E-state index contributed by atoms with van der Waals surface area (Å²) in [6, 6.07) is 5.86. The van der Waals surface area contributed by atoms with Crippen molar-refractivity contribution in [2.24, 2.45) is 0 Å². The maximum atomic E-state index is 12.5. The number of halogens is 3. The van der Waals surface area contributed by atoms with Crippen LogP contribution in [0.1, 0.15) is 47.9 Å². The number of aliphatic carboxylic acids is 1. The average molecular weight is 715 g/mol. The molecule has 1 aromatic rings. The molecule has 0 aliphatic heterocycles. The number of thioether (sulfide) groups is 1. The number of hydrogen-bond donors (Lipinski definition) is 3. The van der Waals surface area contributed by atoms with Crippen LogP contribution in [0.2, 0.25) is 0 Å². The summed E-state index contributed by atoms with van der Waals surface area (Å²) in [7, 11) is 0. The van der Waals surface area contributed by atoms with Gasteiger partial charge in [-0.1, -0.05) is 58.7 Å². The molecule has 18 heteroatoms. The highest BCUT2D eigenvalue weighted by Crippen LogP contribution is 2.26. The number of carboxylic acids is 1. The summed E-state index contributed by atoms with van der Waals surface area (Å²) >= 11 is 17.1. The third-order valence-electron chi connectivity index (χ3n) is 4.98. The fourth-order valence-corrected chi connectivity index (χ4v) is 3.85. The van der Waals surface area contributed by atoms with Gasteiger partial charge in [-0.25, -0.2) is 4.79 Å². The molecule has 1 rings (SSSR count). The van der Waals surface area contributed by atoms with Gasteiger partial charge in [-0.3, -0.25) is 28.8 Å². The highest BCUT2D eigenvalue weighted by atomic mass is 35.6. The molecule has 1 aromatic carbocycles. The zero-order valence-electron chi connectivity index (χ0n) is 24.7. The first-order valence-electron chi connectivity index (χ1n) is 13.2. The van der Waals surface area contributed by atoms with Crippen LogP contribution in [0.25, 0.3) is 0 Å². The van der Waals surface area contributed by atoms with Crippen molar-refractivity contribution in [1.29, 1.82) is 0 Å². The number of carboxylic acid groups (broad SMARTS) is 1. The monoisotopic (exact) mass is 713 g/mol. The zero-order valence-corrected chi connectivity index (χ0v) is 27.8. The Kier molecular flexibility index (Phi) is 17.2. The van der Waals surface area contributed by atoms with Crippen LogP contribution in [0.5, 0.6) is 0 Å². The van der Waals surface area contributed by atoms with Gasteiger partial charge >= 0.3 is 17.9 Å². The van der Waals surface area contributed by atoms with E-state index < -0.39 is 76.4 Å². The Labute approximate surface area is 278 Å². The number of amides is 3. The molecule has 0 atom stereocenters. The average Bonchev–Trinajstić information content (AvgIpc) is 2.94. The molecular weight excluding hydrogens is 681 g/mol. The third kappa shape index (κ3) is 19.1. The summed E-state index contributed by atoms with van der Waals surface area (Å²) in [5.74, 6) is -5.03. The minimum atomic E-state index is -1.75. The highest BCUT2D eigenvalue weighted by Gasteiger charge is 2.23. The minimum absolute atomic E-state index is 0.105. The molecule has 0 spiro atoms. The van der Waals surface area contributed by atoms with Crippen LogP contribution < -0.4 is 10.6 Å². The molecule has 0 fully saturated rings. The Morgan fingerprint density at radius 3 is 2.20 bits per heavy atom. The number of nitrogens with zero attached hydrogens (tertiary/aromatic N) is 1. The highest BCUT2D eigenvalue weighted by molar-refractivity contribution is 8.14. The van der Waals surface area contributed by atoms with E-state index in [1.54, 1.807) is 20.8 Å². The molecule has 0 aliphatic rings. The second-order valence-corrected chi connectivity index (χ2v) is 13.5. The normalized spacial score (nSPS) is 11.2. The lowest BCUT2D eigenvalue weighted by molar-refractivity contribution is -0.145. The number of carbonyl (C=O) groups excluding carboxylic acids is 6. The van der Waals surface area contributed by atoms with Crippen molar-refractivity contribution in [3.63, 3.8) is 0 Å². The van der Waals surface area contributed by atoms with Crippen LogP contribution in [0.15, 0.2) is 24.3 Å². The van der Waals surface area contributed by atoms with Gasteiger partial charge in [0.15, 0.2) is 0 Å². The SMILES string of the molecule is CC(C)(C)OC(=O)c1cccc(C(=O)SCC(=O)NCC(=O)NCC(=O)N(CCOCCC(=O)OCC(Cl)(Cl)Cl)CC(=O)O)c1. The molecule has 14 nitrogen and oxygen atoms in total. The van der Waals surface area contributed by atoms with Crippen molar-refractivity contribution < 1.29 is 52.9 Å². The van der Waals surface area contributed by atoms with E-state index >= 15 is 0 Å². The molecule has 0 saturated heterocycles. The molecule has 45 heavy (non-hydrogen) atoms. The number of ether oxygens (including phenoxy) is 3. The Bertz CT molecular complexity index is 1240. The molecule has 3 amide bonds. The second-order valence-electron chi connectivity index (χ2n) is 10.1. The lowest BCUT2D eigenvalue weighted by atomic mass is 10.1. The predicted octanol–water partition coefficient (Wildman–Crippen LogP) is 1.98. The van der Waals surface area contributed by atoms with Crippen LogP contribution in [-0.2, 0) is 38.2 Å². The first kappa shape index (κ1) is 39.9. The van der Waals surface area contributed by atoms with Gasteiger partial charge < -0.3 is 34.9 Å². The summed E-state index contributed by atoms with van der Waals surface area (Å²) in [5.41, 5.74) is -0.353. The van der Waals surface area contributed by atoms with Gasteiger partial charge in [0.1, 0.15) is 18.8 Å². The van der Waals surface area contributed by atoms with Crippen LogP contribution in [0.4, 0.5) is 0 Å². The first-order valence-corrected chi connectivity index (χ1v) is 15.3. The molecule has 3 N–H and O–H groups in total. The van der Waals surface area contributed by atoms with Crippen molar-refractivity contribution in [2.45, 2.75) is 36.6 Å². The van der Waals surface area contributed by atoms with E-state index in [9.17, 15) is 33.6 Å². The number of nitrogens with one attached hydrogen (secondary N) is 2. The van der Waals surface area contributed by atoms with E-state index in [2.05, 4.69) is 10.6 Å². The lowest BCUT2D eigenvalue weighted by Gasteiger charge is -2.21. The minimum Gasteiger partial charge on any atom is -0.480 e. The number of rotatable bonds is 17. The maximum Gasteiger partial charge on any atom is 0.338 e. The Morgan fingerprint density at radius 1 is 0.933 bits per heavy atom. The van der Waals surface area contributed by atoms with Crippen LogP contribution >= 0.6 is 46.6 Å². The number of carbonyl (C=O) groups is 7. The molecule has 0 aliphatic carbocycles. The molecule has 0 aromatic heterocycles.